The standard InChI is InChI=1S/C25H19Br2IN2O4/c1-33-22-12-17(10-20(28)23(22)34-14-16-4-8-19(27)9-5-16)11-21-24(31)30(25(32)29-21)13-15-2-6-18(26)7-3-15/h2-12H,13-14H2,1H3,(H,29,32)/b21-11+. The minimum absolute atomic E-state index is 0.193. The summed E-state index contributed by atoms with van der Waals surface area (Å²) in [5.74, 6) is 0.781. The maximum atomic E-state index is 12.9. The number of imide groups is 1. The largest absolute Gasteiger partial charge is 0.493 e. The van der Waals surface area contributed by atoms with Gasteiger partial charge in [0.05, 0.1) is 17.2 Å². The van der Waals surface area contributed by atoms with Gasteiger partial charge in [-0.25, -0.2) is 4.79 Å². The summed E-state index contributed by atoms with van der Waals surface area (Å²) in [7, 11) is 1.57. The van der Waals surface area contributed by atoms with Crippen LogP contribution in [0.25, 0.3) is 6.08 Å². The zero-order valence-corrected chi connectivity index (χ0v) is 23.3. The fourth-order valence-electron chi connectivity index (χ4n) is 3.35. The van der Waals surface area contributed by atoms with Gasteiger partial charge >= 0.3 is 6.03 Å². The SMILES string of the molecule is COc1cc(/C=C2/NC(=O)N(Cc3ccc(Br)cc3)C2=O)cc(I)c1OCc1ccc(Br)cc1. The van der Waals surface area contributed by atoms with E-state index in [1.54, 1.807) is 19.3 Å². The molecule has 1 aliphatic rings. The Balaban J connectivity index is 1.52. The first-order valence-electron chi connectivity index (χ1n) is 10.2. The van der Waals surface area contributed by atoms with Gasteiger partial charge in [0.25, 0.3) is 5.91 Å². The molecule has 3 aromatic carbocycles. The number of hydrogen-bond acceptors (Lipinski definition) is 4. The number of nitrogens with zero attached hydrogens (tertiary/aromatic N) is 1. The third-order valence-electron chi connectivity index (χ3n) is 5.08. The second-order valence-corrected chi connectivity index (χ2v) is 10.4. The van der Waals surface area contributed by atoms with Gasteiger partial charge in [0.1, 0.15) is 12.3 Å². The van der Waals surface area contributed by atoms with Crippen molar-refractivity contribution in [2.75, 3.05) is 7.11 Å². The molecule has 4 rings (SSSR count). The number of amides is 3. The summed E-state index contributed by atoms with van der Waals surface area (Å²) in [5.41, 5.74) is 2.81. The summed E-state index contributed by atoms with van der Waals surface area (Å²) >= 11 is 8.98. The quantitative estimate of drug-likeness (QED) is 0.174. The molecule has 0 spiro atoms. The summed E-state index contributed by atoms with van der Waals surface area (Å²) in [4.78, 5) is 26.5. The van der Waals surface area contributed by atoms with Gasteiger partial charge < -0.3 is 14.8 Å². The van der Waals surface area contributed by atoms with Gasteiger partial charge in [-0.05, 0) is 81.8 Å². The first kappa shape index (κ1) is 24.7. The lowest BCUT2D eigenvalue weighted by Crippen LogP contribution is -2.30. The van der Waals surface area contributed by atoms with Crippen molar-refractivity contribution in [2.45, 2.75) is 13.2 Å². The van der Waals surface area contributed by atoms with Crippen molar-refractivity contribution in [2.24, 2.45) is 0 Å². The zero-order chi connectivity index (χ0) is 24.2. The number of hydrogen-bond donors (Lipinski definition) is 1. The number of methoxy groups -OCH3 is 1. The summed E-state index contributed by atoms with van der Waals surface area (Å²) in [5, 5.41) is 2.67. The van der Waals surface area contributed by atoms with Crippen molar-refractivity contribution in [1.82, 2.24) is 10.2 Å². The predicted molar refractivity (Wildman–Crippen MR) is 145 cm³/mol. The minimum atomic E-state index is -0.449. The number of ether oxygens (including phenoxy) is 2. The molecule has 1 fully saturated rings. The predicted octanol–water partition coefficient (Wildman–Crippen LogP) is 6.50. The molecule has 1 N–H and O–H groups in total. The summed E-state index contributed by atoms with van der Waals surface area (Å²) in [6.45, 7) is 0.582. The van der Waals surface area contributed by atoms with Gasteiger partial charge in [-0.15, -0.1) is 0 Å². The van der Waals surface area contributed by atoms with Crippen molar-refractivity contribution < 1.29 is 19.1 Å². The molecule has 0 bridgehead atoms. The Morgan fingerprint density at radius 1 is 0.971 bits per heavy atom. The highest BCUT2D eigenvalue weighted by Crippen LogP contribution is 2.35. The van der Waals surface area contributed by atoms with E-state index in [0.29, 0.717) is 23.7 Å². The summed E-state index contributed by atoms with van der Waals surface area (Å²) in [6.07, 6.45) is 1.64. The van der Waals surface area contributed by atoms with Gasteiger partial charge in [-0.1, -0.05) is 56.1 Å². The van der Waals surface area contributed by atoms with Gasteiger partial charge in [-0.3, -0.25) is 9.69 Å². The van der Waals surface area contributed by atoms with Crippen LogP contribution in [-0.2, 0) is 17.9 Å². The normalized spacial score (nSPS) is 14.5. The molecule has 0 aliphatic carbocycles. The van der Waals surface area contributed by atoms with Gasteiger partial charge in [-0.2, -0.15) is 0 Å². The molecule has 1 heterocycles. The Kier molecular flexibility index (Phi) is 7.95. The average Bonchev–Trinajstić information content (AvgIpc) is 3.07. The summed E-state index contributed by atoms with van der Waals surface area (Å²) in [6, 6.07) is 18.6. The lowest BCUT2D eigenvalue weighted by atomic mass is 10.1. The Morgan fingerprint density at radius 3 is 2.21 bits per heavy atom. The molecule has 0 aromatic heterocycles. The Hall–Kier alpha value is -2.37. The summed E-state index contributed by atoms with van der Waals surface area (Å²) < 4.78 is 14.3. The van der Waals surface area contributed by atoms with Crippen LogP contribution in [0.4, 0.5) is 4.79 Å². The van der Waals surface area contributed by atoms with E-state index in [2.05, 4.69) is 59.8 Å². The third kappa shape index (κ3) is 5.81. The van der Waals surface area contributed by atoms with Crippen molar-refractivity contribution >= 4 is 72.5 Å². The third-order valence-corrected chi connectivity index (χ3v) is 6.93. The number of carbonyl (C=O) groups excluding carboxylic acids is 2. The molecule has 0 saturated carbocycles. The average molecular weight is 698 g/mol. The van der Waals surface area contributed by atoms with E-state index < -0.39 is 6.03 Å². The highest BCUT2D eigenvalue weighted by molar-refractivity contribution is 14.1. The minimum Gasteiger partial charge on any atom is -0.493 e. The maximum absolute atomic E-state index is 12.9. The molecule has 3 aromatic rings. The van der Waals surface area contributed by atoms with Crippen LogP contribution in [0.1, 0.15) is 16.7 Å². The lowest BCUT2D eigenvalue weighted by molar-refractivity contribution is -0.123. The number of rotatable bonds is 7. The van der Waals surface area contributed by atoms with Crippen LogP contribution < -0.4 is 14.8 Å². The molecule has 0 unspecified atom stereocenters. The first-order chi connectivity index (χ1) is 16.3. The van der Waals surface area contributed by atoms with Crippen LogP contribution in [0, 0.1) is 3.57 Å². The van der Waals surface area contributed by atoms with Crippen LogP contribution in [0.2, 0.25) is 0 Å². The number of benzene rings is 3. The van der Waals surface area contributed by atoms with E-state index in [1.807, 2.05) is 54.6 Å². The van der Waals surface area contributed by atoms with E-state index in [4.69, 9.17) is 9.47 Å². The van der Waals surface area contributed by atoms with Gasteiger partial charge in [0, 0.05) is 8.95 Å². The van der Waals surface area contributed by atoms with E-state index in [-0.39, 0.29) is 18.1 Å². The molecule has 34 heavy (non-hydrogen) atoms. The highest BCUT2D eigenvalue weighted by Gasteiger charge is 2.33. The van der Waals surface area contributed by atoms with E-state index >= 15 is 0 Å². The molecule has 0 atom stereocenters. The molecule has 1 saturated heterocycles. The molecule has 1 aliphatic heterocycles. The Bertz CT molecular complexity index is 1260. The first-order valence-corrected chi connectivity index (χ1v) is 12.8. The van der Waals surface area contributed by atoms with Crippen LogP contribution in [0.3, 0.4) is 0 Å². The topological polar surface area (TPSA) is 67.9 Å². The molecule has 0 radical (unpaired) electrons. The fourth-order valence-corrected chi connectivity index (χ4v) is 4.66. The number of nitrogens with one attached hydrogen (secondary N) is 1. The van der Waals surface area contributed by atoms with Crippen molar-refractivity contribution in [3.05, 3.63) is 95.6 Å². The van der Waals surface area contributed by atoms with Crippen molar-refractivity contribution in [1.29, 1.82) is 0 Å². The Morgan fingerprint density at radius 2 is 1.59 bits per heavy atom. The van der Waals surface area contributed by atoms with Crippen molar-refractivity contribution in [3.8, 4) is 11.5 Å². The molecule has 9 heteroatoms. The van der Waals surface area contributed by atoms with E-state index in [9.17, 15) is 9.59 Å². The van der Waals surface area contributed by atoms with Gasteiger partial charge in [0.15, 0.2) is 11.5 Å². The number of urea groups is 1. The molecule has 3 amide bonds. The van der Waals surface area contributed by atoms with Crippen LogP contribution >= 0.6 is 54.5 Å². The van der Waals surface area contributed by atoms with Crippen molar-refractivity contribution in [3.63, 3.8) is 0 Å². The molecular formula is C25H19Br2IN2O4. The molecule has 174 valence electrons. The second-order valence-electron chi connectivity index (χ2n) is 7.46. The molecular weight excluding hydrogens is 679 g/mol. The Labute approximate surface area is 227 Å². The number of carbonyl (C=O) groups is 2. The molecule has 6 nitrogen and oxygen atoms in total. The highest BCUT2D eigenvalue weighted by atomic mass is 127. The maximum Gasteiger partial charge on any atom is 0.329 e. The lowest BCUT2D eigenvalue weighted by Gasteiger charge is -2.14. The van der Waals surface area contributed by atoms with Crippen LogP contribution in [-0.4, -0.2) is 23.9 Å². The van der Waals surface area contributed by atoms with Crippen LogP contribution in [0.15, 0.2) is 75.3 Å². The van der Waals surface area contributed by atoms with Gasteiger partial charge in [0.2, 0.25) is 0 Å². The smallest absolute Gasteiger partial charge is 0.329 e. The van der Waals surface area contributed by atoms with Crippen LogP contribution in [0.5, 0.6) is 11.5 Å². The zero-order valence-electron chi connectivity index (χ0n) is 18.0. The fraction of sp³-hybridized carbons (Fsp3) is 0.120. The second kappa shape index (κ2) is 10.9. The number of halogens is 3. The van der Waals surface area contributed by atoms with E-state index in [0.717, 1.165) is 23.6 Å². The van der Waals surface area contributed by atoms with E-state index in [1.165, 1.54) is 4.90 Å². The monoisotopic (exact) mass is 696 g/mol.